The molecule has 4 heteroatoms. The largest absolute Gasteiger partial charge is 0.355 e. The molecule has 1 rings (SSSR count). The Morgan fingerprint density at radius 1 is 1.47 bits per heavy atom. The first-order valence-corrected chi connectivity index (χ1v) is 7.76. The average Bonchev–Trinajstić information content (AvgIpc) is 2.29. The van der Waals surface area contributed by atoms with Crippen molar-refractivity contribution >= 4 is 33.6 Å². The lowest BCUT2D eigenvalue weighted by Crippen LogP contribution is -2.26. The van der Waals surface area contributed by atoms with Crippen LogP contribution in [-0.2, 0) is 10.5 Å². The van der Waals surface area contributed by atoms with E-state index in [0.717, 1.165) is 29.6 Å². The van der Waals surface area contributed by atoms with E-state index in [9.17, 15) is 4.79 Å². The summed E-state index contributed by atoms with van der Waals surface area (Å²) in [6, 6.07) is 8.18. The van der Waals surface area contributed by atoms with Gasteiger partial charge in [0.05, 0.1) is 5.75 Å². The first kappa shape index (κ1) is 14.6. The molecule has 0 aromatic heterocycles. The summed E-state index contributed by atoms with van der Waals surface area (Å²) in [4.78, 5) is 11.4. The second kappa shape index (κ2) is 8.59. The van der Waals surface area contributed by atoms with Crippen LogP contribution in [0.5, 0.6) is 0 Å². The Balaban J connectivity index is 2.17. The summed E-state index contributed by atoms with van der Waals surface area (Å²) in [5.74, 6) is 1.55. The van der Waals surface area contributed by atoms with Crippen LogP contribution in [0.1, 0.15) is 25.3 Å². The van der Waals surface area contributed by atoms with Gasteiger partial charge in [0.25, 0.3) is 0 Å². The predicted molar refractivity (Wildman–Crippen MR) is 78.2 cm³/mol. The normalized spacial score (nSPS) is 10.2. The van der Waals surface area contributed by atoms with Crippen LogP contribution in [0, 0.1) is 0 Å². The molecule has 0 heterocycles. The Morgan fingerprint density at radius 2 is 2.29 bits per heavy atom. The van der Waals surface area contributed by atoms with Gasteiger partial charge in [0, 0.05) is 16.8 Å². The van der Waals surface area contributed by atoms with Gasteiger partial charge >= 0.3 is 0 Å². The molecule has 0 radical (unpaired) electrons. The number of hydrogen-bond acceptors (Lipinski definition) is 2. The monoisotopic (exact) mass is 315 g/mol. The molecule has 1 amide bonds. The van der Waals surface area contributed by atoms with Crippen molar-refractivity contribution in [2.45, 2.75) is 25.5 Å². The lowest BCUT2D eigenvalue weighted by atomic mass is 10.2. The number of amides is 1. The second-order valence-electron chi connectivity index (χ2n) is 3.83. The molecule has 1 aromatic rings. The number of rotatable bonds is 7. The predicted octanol–water partition coefficient (Wildman–Crippen LogP) is 3.60. The third kappa shape index (κ3) is 6.74. The number of thioether (sulfide) groups is 1. The molecule has 1 aromatic carbocycles. The van der Waals surface area contributed by atoms with E-state index < -0.39 is 0 Å². The number of carbonyl (C=O) groups excluding carboxylic acids is 1. The van der Waals surface area contributed by atoms with Gasteiger partial charge in [-0.3, -0.25) is 4.79 Å². The Bertz CT molecular complexity index is 357. The summed E-state index contributed by atoms with van der Waals surface area (Å²) >= 11 is 5.08. The van der Waals surface area contributed by atoms with Crippen LogP contribution < -0.4 is 5.32 Å². The summed E-state index contributed by atoms with van der Waals surface area (Å²) in [6.07, 6.45) is 2.17. The van der Waals surface area contributed by atoms with Gasteiger partial charge in [-0.2, -0.15) is 0 Å². The maximum Gasteiger partial charge on any atom is 0.230 e. The molecule has 0 fully saturated rings. The van der Waals surface area contributed by atoms with Crippen molar-refractivity contribution in [2.75, 3.05) is 12.3 Å². The fraction of sp³-hybridized carbons (Fsp3) is 0.462. The lowest BCUT2D eigenvalue weighted by molar-refractivity contribution is -0.118. The van der Waals surface area contributed by atoms with Crippen LogP contribution in [0.4, 0.5) is 0 Å². The van der Waals surface area contributed by atoms with E-state index in [1.54, 1.807) is 11.8 Å². The van der Waals surface area contributed by atoms with Crippen molar-refractivity contribution in [1.82, 2.24) is 5.32 Å². The quantitative estimate of drug-likeness (QED) is 0.779. The third-order valence-electron chi connectivity index (χ3n) is 2.24. The summed E-state index contributed by atoms with van der Waals surface area (Å²) < 4.78 is 1.09. The molecule has 0 saturated carbocycles. The maximum absolute atomic E-state index is 11.4. The van der Waals surface area contributed by atoms with Crippen LogP contribution in [0.25, 0.3) is 0 Å². The molecule has 0 aliphatic rings. The van der Waals surface area contributed by atoms with Crippen molar-refractivity contribution in [3.8, 4) is 0 Å². The zero-order valence-corrected chi connectivity index (χ0v) is 12.4. The molecule has 17 heavy (non-hydrogen) atoms. The molecule has 0 spiro atoms. The average molecular weight is 316 g/mol. The van der Waals surface area contributed by atoms with E-state index in [1.165, 1.54) is 5.56 Å². The maximum atomic E-state index is 11.4. The molecular weight excluding hydrogens is 298 g/mol. The minimum Gasteiger partial charge on any atom is -0.355 e. The van der Waals surface area contributed by atoms with Crippen LogP contribution in [0.3, 0.4) is 0 Å². The van der Waals surface area contributed by atoms with Gasteiger partial charge in [-0.25, -0.2) is 0 Å². The number of unbranched alkanes of at least 4 members (excludes halogenated alkanes) is 1. The van der Waals surface area contributed by atoms with Gasteiger partial charge in [0.2, 0.25) is 5.91 Å². The van der Waals surface area contributed by atoms with Crippen molar-refractivity contribution in [3.63, 3.8) is 0 Å². The third-order valence-corrected chi connectivity index (χ3v) is 3.74. The van der Waals surface area contributed by atoms with E-state index in [2.05, 4.69) is 40.3 Å². The summed E-state index contributed by atoms with van der Waals surface area (Å²) in [6.45, 7) is 2.92. The topological polar surface area (TPSA) is 29.1 Å². The number of carbonyl (C=O) groups is 1. The van der Waals surface area contributed by atoms with E-state index >= 15 is 0 Å². The van der Waals surface area contributed by atoms with Crippen LogP contribution in [0.15, 0.2) is 28.7 Å². The summed E-state index contributed by atoms with van der Waals surface area (Å²) in [5.41, 5.74) is 1.24. The minimum atomic E-state index is 0.137. The Labute approximate surface area is 116 Å². The highest BCUT2D eigenvalue weighted by atomic mass is 79.9. The van der Waals surface area contributed by atoms with Gasteiger partial charge in [-0.05, 0) is 24.1 Å². The smallest absolute Gasteiger partial charge is 0.230 e. The fourth-order valence-corrected chi connectivity index (χ4v) is 2.60. The molecule has 2 nitrogen and oxygen atoms in total. The molecule has 0 aliphatic heterocycles. The SMILES string of the molecule is CCCCNC(=O)CSCc1cccc(Br)c1. The first-order valence-electron chi connectivity index (χ1n) is 5.81. The first-order chi connectivity index (χ1) is 8.22. The van der Waals surface area contributed by atoms with Crippen molar-refractivity contribution in [1.29, 1.82) is 0 Å². The van der Waals surface area contributed by atoms with Gasteiger partial charge in [-0.1, -0.05) is 41.4 Å². The molecule has 1 N–H and O–H groups in total. The molecule has 0 bridgehead atoms. The van der Waals surface area contributed by atoms with Crippen LogP contribution in [-0.4, -0.2) is 18.2 Å². The highest BCUT2D eigenvalue weighted by Crippen LogP contribution is 2.16. The molecule has 0 aliphatic carbocycles. The lowest BCUT2D eigenvalue weighted by Gasteiger charge is -2.04. The van der Waals surface area contributed by atoms with E-state index in [4.69, 9.17) is 0 Å². The molecule has 0 saturated heterocycles. The van der Waals surface area contributed by atoms with Crippen molar-refractivity contribution in [2.24, 2.45) is 0 Å². The number of hydrogen-bond donors (Lipinski definition) is 1. The van der Waals surface area contributed by atoms with Gasteiger partial charge in [0.15, 0.2) is 0 Å². The highest BCUT2D eigenvalue weighted by Gasteiger charge is 2.01. The molecule has 0 atom stereocenters. The summed E-state index contributed by atoms with van der Waals surface area (Å²) in [7, 11) is 0. The van der Waals surface area contributed by atoms with Gasteiger partial charge < -0.3 is 5.32 Å². The Morgan fingerprint density at radius 3 is 3.00 bits per heavy atom. The second-order valence-corrected chi connectivity index (χ2v) is 5.73. The number of benzene rings is 1. The van der Waals surface area contributed by atoms with Crippen molar-refractivity contribution in [3.05, 3.63) is 34.3 Å². The van der Waals surface area contributed by atoms with E-state index in [-0.39, 0.29) is 5.91 Å². The fourth-order valence-electron chi connectivity index (χ4n) is 1.34. The van der Waals surface area contributed by atoms with E-state index in [1.807, 2.05) is 12.1 Å². The standard InChI is InChI=1S/C13H18BrNOS/c1-2-3-7-15-13(16)10-17-9-11-5-4-6-12(14)8-11/h4-6,8H,2-3,7,9-10H2,1H3,(H,15,16). The van der Waals surface area contributed by atoms with Crippen LogP contribution >= 0.6 is 27.7 Å². The number of halogens is 1. The van der Waals surface area contributed by atoms with E-state index in [0.29, 0.717) is 5.75 Å². The van der Waals surface area contributed by atoms with Crippen molar-refractivity contribution < 1.29 is 4.79 Å². The zero-order valence-electron chi connectivity index (χ0n) is 10.0. The van der Waals surface area contributed by atoms with Gasteiger partial charge in [0.1, 0.15) is 0 Å². The number of nitrogens with one attached hydrogen (secondary N) is 1. The molecular formula is C13H18BrNOS. The van der Waals surface area contributed by atoms with Gasteiger partial charge in [-0.15, -0.1) is 11.8 Å². The molecule has 0 unspecified atom stereocenters. The zero-order chi connectivity index (χ0) is 12.5. The Hall–Kier alpha value is -0.480. The highest BCUT2D eigenvalue weighted by molar-refractivity contribution is 9.10. The molecule has 94 valence electrons. The van der Waals surface area contributed by atoms with Crippen LogP contribution in [0.2, 0.25) is 0 Å². The summed E-state index contributed by atoms with van der Waals surface area (Å²) in [5, 5.41) is 2.91. The Kier molecular flexibility index (Phi) is 7.37. The minimum absolute atomic E-state index is 0.137.